The van der Waals surface area contributed by atoms with E-state index in [9.17, 15) is 43.7 Å². The number of aliphatic hydroxyl groups excluding tert-OH is 3. The third kappa shape index (κ3) is 33.2. The minimum atomic E-state index is -4.90. The van der Waals surface area contributed by atoms with Crippen molar-refractivity contribution in [2.45, 2.75) is 186 Å². The van der Waals surface area contributed by atoms with E-state index in [1.165, 1.54) is 19.3 Å². The lowest BCUT2D eigenvalue weighted by Gasteiger charge is -2.20. The summed E-state index contributed by atoms with van der Waals surface area (Å²) in [6, 6.07) is 0. The Kier molecular flexibility index (Phi) is 34.3. The van der Waals surface area contributed by atoms with Gasteiger partial charge in [0, 0.05) is 31.1 Å². The Labute approximate surface area is 381 Å². The average molecular weight is 951 g/mol. The first-order valence-corrected chi connectivity index (χ1v) is 26.5. The van der Waals surface area contributed by atoms with Gasteiger partial charge >= 0.3 is 27.6 Å². The van der Waals surface area contributed by atoms with Crippen molar-refractivity contribution in [1.29, 1.82) is 0 Å². The molecule has 7 atom stereocenters. The van der Waals surface area contributed by atoms with Gasteiger partial charge in [-0.15, -0.1) is 0 Å². The number of allylic oxidation sites excluding steroid dienone is 6. The lowest BCUT2D eigenvalue weighted by Crippen LogP contribution is -2.30. The zero-order valence-corrected chi connectivity index (χ0v) is 40.1. The largest absolute Gasteiger partial charge is 0.472 e. The number of phosphoric acid groups is 2. The summed E-state index contributed by atoms with van der Waals surface area (Å²) in [4.78, 5) is 65.6. The molecule has 0 bridgehead atoms. The summed E-state index contributed by atoms with van der Waals surface area (Å²) < 4.78 is 47.8. The van der Waals surface area contributed by atoms with Gasteiger partial charge in [0.15, 0.2) is 6.10 Å². The van der Waals surface area contributed by atoms with Gasteiger partial charge in [-0.3, -0.25) is 28.0 Å². The van der Waals surface area contributed by atoms with Gasteiger partial charge in [-0.2, -0.15) is 0 Å². The third-order valence-corrected chi connectivity index (χ3v) is 12.0. The Bertz CT molecular complexity index is 1480. The fraction of sp³-hybridized carbons (Fsp3) is 0.761. The molecule has 0 amide bonds. The van der Waals surface area contributed by atoms with Crippen LogP contribution in [-0.2, 0) is 46.6 Å². The minimum absolute atomic E-state index is 0.00210. The monoisotopic (exact) mass is 950 g/mol. The number of esters is 2. The van der Waals surface area contributed by atoms with Crippen LogP contribution in [0.3, 0.4) is 0 Å². The molecule has 0 radical (unpaired) electrons. The van der Waals surface area contributed by atoms with Crippen molar-refractivity contribution in [3.05, 3.63) is 48.6 Å². The van der Waals surface area contributed by atoms with Crippen LogP contribution in [0.1, 0.15) is 162 Å². The molecule has 6 N–H and O–H groups in total. The number of carbonyl (C=O) groups is 3. The molecular weight excluding hydrogens is 870 g/mol. The Morgan fingerprint density at radius 1 is 0.688 bits per heavy atom. The summed E-state index contributed by atoms with van der Waals surface area (Å²) in [6.45, 7) is 1.33. The van der Waals surface area contributed by atoms with Crippen molar-refractivity contribution in [3.8, 4) is 0 Å². The second-order valence-corrected chi connectivity index (χ2v) is 19.1. The summed E-state index contributed by atoms with van der Waals surface area (Å²) >= 11 is 0. The molecule has 0 aromatic heterocycles. The third-order valence-electron chi connectivity index (χ3n) is 10.6. The van der Waals surface area contributed by atoms with Crippen molar-refractivity contribution in [2.75, 3.05) is 26.4 Å². The van der Waals surface area contributed by atoms with Gasteiger partial charge in [-0.1, -0.05) is 127 Å². The second kappa shape index (κ2) is 36.7. The number of ether oxygens (including phenoxy) is 2. The number of unbranched alkanes of at least 4 members (excludes halogenated alkanes) is 12. The van der Waals surface area contributed by atoms with E-state index >= 15 is 0 Å². The van der Waals surface area contributed by atoms with Gasteiger partial charge in [0.05, 0.1) is 32.0 Å². The second-order valence-electron chi connectivity index (χ2n) is 16.5. The molecule has 18 heteroatoms. The van der Waals surface area contributed by atoms with E-state index in [0.717, 1.165) is 64.2 Å². The van der Waals surface area contributed by atoms with Crippen molar-refractivity contribution < 1.29 is 76.6 Å². The van der Waals surface area contributed by atoms with E-state index in [0.29, 0.717) is 44.9 Å². The lowest BCUT2D eigenvalue weighted by molar-refractivity contribution is -0.161. The van der Waals surface area contributed by atoms with Crippen LogP contribution in [-0.4, -0.2) is 98.6 Å². The van der Waals surface area contributed by atoms with Gasteiger partial charge in [-0.25, -0.2) is 9.13 Å². The standard InChI is InChI=1S/C46H80O16P2/c1-3-5-7-8-9-10-11-12-13-14-15-16-17-18-19-20-25-29-45(51)58-36-40(37-61-64(56,57)60-35-39(48)34-59-63(53,54)55)62-46(52)30-26-22-21-24-28-41-42(44(50)33-43(41)49)32-31-38(47)27-23-6-4-2/h9-10,12-13,15-16,31-32,38-42,44,47-48,50H,3-8,11,14,17-30,33-37H2,1-2H3,(H,56,57)(H2,53,54,55)/b10-9-,13-12-,16-15-,32-31+/t38-,39-,40+,41+,42+,44+/m0/s1. The molecule has 0 heterocycles. The van der Waals surface area contributed by atoms with Crippen molar-refractivity contribution >= 4 is 33.4 Å². The Hall–Kier alpha value is -2.33. The normalized spacial score (nSPS) is 19.6. The maximum atomic E-state index is 12.8. The number of ketones is 1. The molecule has 1 aliphatic carbocycles. The topological polar surface area (TPSA) is 253 Å². The quantitative estimate of drug-likeness (QED) is 0.0145. The number of aliphatic hydroxyl groups is 3. The van der Waals surface area contributed by atoms with Gasteiger partial charge in [0.1, 0.15) is 18.5 Å². The molecule has 0 saturated heterocycles. The van der Waals surface area contributed by atoms with Crippen LogP contribution in [0, 0.1) is 11.8 Å². The van der Waals surface area contributed by atoms with Crippen molar-refractivity contribution in [2.24, 2.45) is 11.8 Å². The van der Waals surface area contributed by atoms with Crippen molar-refractivity contribution in [1.82, 2.24) is 0 Å². The highest BCUT2D eigenvalue weighted by molar-refractivity contribution is 7.47. The van der Waals surface area contributed by atoms with E-state index in [2.05, 4.69) is 59.4 Å². The van der Waals surface area contributed by atoms with E-state index < -0.39 is 78.4 Å². The van der Waals surface area contributed by atoms with Crippen LogP contribution >= 0.6 is 15.6 Å². The maximum Gasteiger partial charge on any atom is 0.472 e. The fourth-order valence-electron chi connectivity index (χ4n) is 6.96. The summed E-state index contributed by atoms with van der Waals surface area (Å²) in [5.41, 5.74) is 0. The van der Waals surface area contributed by atoms with Crippen LogP contribution in [0.4, 0.5) is 0 Å². The molecule has 0 aromatic carbocycles. The Balaban J connectivity index is 2.54. The van der Waals surface area contributed by atoms with Crippen LogP contribution in [0.2, 0.25) is 0 Å². The molecule has 0 aliphatic heterocycles. The number of hydrogen-bond donors (Lipinski definition) is 6. The SMILES string of the molecule is CCCCC/C=C\C/C=C\C/C=C\CCCCCCC(=O)OC[C@H](COP(=O)(O)OC[C@@H](O)COP(=O)(O)O)OC(=O)CCCCCC[C@H]1C(=O)C[C@@H](O)[C@@H]1/C=C/[C@@H](O)CCCCC. The summed E-state index contributed by atoms with van der Waals surface area (Å²) in [7, 11) is -9.79. The summed E-state index contributed by atoms with van der Waals surface area (Å²) in [5, 5.41) is 30.5. The van der Waals surface area contributed by atoms with Crippen LogP contribution in [0.5, 0.6) is 0 Å². The van der Waals surface area contributed by atoms with E-state index in [-0.39, 0.29) is 36.9 Å². The summed E-state index contributed by atoms with van der Waals surface area (Å²) in [6.07, 6.45) is 30.0. The first-order chi connectivity index (χ1) is 30.6. The molecule has 1 aliphatic rings. The van der Waals surface area contributed by atoms with Crippen LogP contribution in [0.25, 0.3) is 0 Å². The van der Waals surface area contributed by atoms with Crippen LogP contribution < -0.4 is 0 Å². The van der Waals surface area contributed by atoms with Gasteiger partial charge in [0.25, 0.3) is 0 Å². The van der Waals surface area contributed by atoms with E-state index in [4.69, 9.17) is 23.8 Å². The first kappa shape index (κ1) is 59.7. The number of hydrogen-bond acceptors (Lipinski definition) is 13. The molecule has 1 saturated carbocycles. The highest BCUT2D eigenvalue weighted by Crippen LogP contribution is 2.44. The van der Waals surface area contributed by atoms with Gasteiger partial charge in [0.2, 0.25) is 0 Å². The molecule has 1 rings (SSSR count). The van der Waals surface area contributed by atoms with E-state index in [1.807, 2.05) is 0 Å². The predicted octanol–water partition coefficient (Wildman–Crippen LogP) is 8.82. The first-order valence-electron chi connectivity index (χ1n) is 23.4. The molecule has 0 aromatic rings. The van der Waals surface area contributed by atoms with Gasteiger partial charge < -0.3 is 39.5 Å². The van der Waals surface area contributed by atoms with Gasteiger partial charge in [-0.05, 0) is 64.2 Å². The van der Waals surface area contributed by atoms with Crippen LogP contribution in [0.15, 0.2) is 48.6 Å². The average Bonchev–Trinajstić information content (AvgIpc) is 3.51. The number of phosphoric ester groups is 2. The molecule has 64 heavy (non-hydrogen) atoms. The zero-order chi connectivity index (χ0) is 47.5. The van der Waals surface area contributed by atoms with E-state index in [1.54, 1.807) is 12.2 Å². The number of carbonyl (C=O) groups excluding carboxylic acids is 3. The minimum Gasteiger partial charge on any atom is -0.462 e. The Morgan fingerprint density at radius 2 is 1.23 bits per heavy atom. The molecule has 16 nitrogen and oxygen atoms in total. The number of rotatable bonds is 40. The predicted molar refractivity (Wildman–Crippen MR) is 245 cm³/mol. The molecule has 1 unspecified atom stereocenters. The maximum absolute atomic E-state index is 12.8. The highest BCUT2D eigenvalue weighted by atomic mass is 31.2. The Morgan fingerprint density at radius 3 is 1.88 bits per heavy atom. The lowest BCUT2D eigenvalue weighted by atomic mass is 9.88. The smallest absolute Gasteiger partial charge is 0.462 e. The zero-order valence-electron chi connectivity index (χ0n) is 38.3. The molecule has 0 spiro atoms. The summed E-state index contributed by atoms with van der Waals surface area (Å²) in [5.74, 6) is -1.91. The number of Topliss-reactive ketones (excluding diaryl/α,β-unsaturated/α-hetero) is 1. The van der Waals surface area contributed by atoms with Crippen molar-refractivity contribution in [3.63, 3.8) is 0 Å². The molecule has 370 valence electrons. The highest BCUT2D eigenvalue weighted by Gasteiger charge is 2.39. The fourth-order valence-corrected chi connectivity index (χ4v) is 8.11. The molecular formula is C46H80O16P2. The molecule has 1 fully saturated rings.